The largest absolute Gasteiger partial charge is 0.454 e. The van der Waals surface area contributed by atoms with Crippen molar-refractivity contribution in [3.05, 3.63) is 65.7 Å². The quantitative estimate of drug-likeness (QED) is 0.768. The van der Waals surface area contributed by atoms with Gasteiger partial charge in [0, 0.05) is 11.3 Å². The van der Waals surface area contributed by atoms with Gasteiger partial charge in [0.15, 0.2) is 6.61 Å². The molecular formula is C21H24N2O4. The fraction of sp³-hybridized carbons (Fsp3) is 0.286. The number of carbonyl (C=O) groups excluding carboxylic acids is 3. The molecule has 0 fully saturated rings. The van der Waals surface area contributed by atoms with Gasteiger partial charge in [-0.05, 0) is 35.2 Å². The summed E-state index contributed by atoms with van der Waals surface area (Å²) in [7, 11) is 0. The van der Waals surface area contributed by atoms with E-state index in [1.54, 1.807) is 36.4 Å². The zero-order chi connectivity index (χ0) is 19.9. The first kappa shape index (κ1) is 20.2. The molecule has 6 nitrogen and oxygen atoms in total. The van der Waals surface area contributed by atoms with Crippen molar-refractivity contribution >= 4 is 23.5 Å². The molecular weight excluding hydrogens is 344 g/mol. The summed E-state index contributed by atoms with van der Waals surface area (Å²) in [6, 6.07) is 16.1. The smallest absolute Gasteiger partial charge is 0.325 e. The molecule has 0 saturated heterocycles. The van der Waals surface area contributed by atoms with Gasteiger partial charge in [0.1, 0.15) is 6.54 Å². The molecule has 0 unspecified atom stereocenters. The van der Waals surface area contributed by atoms with E-state index in [1.807, 2.05) is 18.2 Å². The standard InChI is InChI=1S/C21H24N2O4/c1-21(2,3)16-11-9-15(10-12-16)20(26)22-13-19(25)27-14-18(24)23-17-7-5-4-6-8-17/h4-12H,13-14H2,1-3H3,(H,22,26)(H,23,24). The van der Waals surface area contributed by atoms with Gasteiger partial charge in [0.25, 0.3) is 11.8 Å². The van der Waals surface area contributed by atoms with Crippen LogP contribution in [-0.2, 0) is 19.7 Å². The molecule has 6 heteroatoms. The Balaban J connectivity index is 1.74. The van der Waals surface area contributed by atoms with Crippen LogP contribution in [0, 0.1) is 0 Å². The van der Waals surface area contributed by atoms with Crippen LogP contribution in [-0.4, -0.2) is 30.9 Å². The van der Waals surface area contributed by atoms with Crippen LogP contribution in [0.15, 0.2) is 54.6 Å². The number of esters is 1. The van der Waals surface area contributed by atoms with Crippen LogP contribution in [0.25, 0.3) is 0 Å². The molecule has 0 aliphatic heterocycles. The van der Waals surface area contributed by atoms with Crippen molar-refractivity contribution in [1.29, 1.82) is 0 Å². The van der Waals surface area contributed by atoms with Crippen molar-refractivity contribution in [2.24, 2.45) is 0 Å². The van der Waals surface area contributed by atoms with E-state index in [1.165, 1.54) is 0 Å². The van der Waals surface area contributed by atoms with E-state index < -0.39 is 18.5 Å². The van der Waals surface area contributed by atoms with Crippen molar-refractivity contribution in [1.82, 2.24) is 5.32 Å². The van der Waals surface area contributed by atoms with Gasteiger partial charge >= 0.3 is 5.97 Å². The summed E-state index contributed by atoms with van der Waals surface area (Å²) < 4.78 is 4.86. The summed E-state index contributed by atoms with van der Waals surface area (Å²) in [5, 5.41) is 5.09. The first-order chi connectivity index (χ1) is 12.8. The highest BCUT2D eigenvalue weighted by Gasteiger charge is 2.15. The van der Waals surface area contributed by atoms with Crippen LogP contribution < -0.4 is 10.6 Å². The van der Waals surface area contributed by atoms with Gasteiger partial charge in [-0.2, -0.15) is 0 Å². The van der Waals surface area contributed by atoms with Gasteiger partial charge in [0.2, 0.25) is 0 Å². The summed E-state index contributed by atoms with van der Waals surface area (Å²) in [5.41, 5.74) is 2.19. The lowest BCUT2D eigenvalue weighted by atomic mass is 9.87. The minimum atomic E-state index is -0.683. The van der Waals surface area contributed by atoms with Crippen molar-refractivity contribution in [3.8, 4) is 0 Å². The Kier molecular flexibility index (Phi) is 6.71. The lowest BCUT2D eigenvalue weighted by Crippen LogP contribution is -2.32. The number of nitrogens with one attached hydrogen (secondary N) is 2. The van der Waals surface area contributed by atoms with E-state index in [9.17, 15) is 14.4 Å². The third kappa shape index (κ3) is 6.58. The first-order valence-corrected chi connectivity index (χ1v) is 8.65. The maximum absolute atomic E-state index is 12.1. The highest BCUT2D eigenvalue weighted by Crippen LogP contribution is 2.22. The lowest BCUT2D eigenvalue weighted by molar-refractivity contribution is -0.146. The van der Waals surface area contributed by atoms with Crippen LogP contribution in [0.1, 0.15) is 36.7 Å². The highest BCUT2D eigenvalue weighted by molar-refractivity contribution is 5.96. The fourth-order valence-corrected chi connectivity index (χ4v) is 2.29. The molecule has 2 rings (SSSR count). The Morgan fingerprint density at radius 3 is 2.15 bits per heavy atom. The minimum absolute atomic E-state index is 0.000858. The second-order valence-corrected chi connectivity index (χ2v) is 7.08. The Labute approximate surface area is 158 Å². The van der Waals surface area contributed by atoms with Gasteiger partial charge in [0.05, 0.1) is 0 Å². The summed E-state index contributed by atoms with van der Waals surface area (Å²) in [6.07, 6.45) is 0. The molecule has 0 aliphatic rings. The fourth-order valence-electron chi connectivity index (χ4n) is 2.29. The number of benzene rings is 2. The van der Waals surface area contributed by atoms with Gasteiger partial charge in [-0.15, -0.1) is 0 Å². The van der Waals surface area contributed by atoms with Crippen molar-refractivity contribution < 1.29 is 19.1 Å². The van der Waals surface area contributed by atoms with Gasteiger partial charge in [-0.1, -0.05) is 51.1 Å². The normalized spacial score (nSPS) is 10.8. The second-order valence-electron chi connectivity index (χ2n) is 7.08. The monoisotopic (exact) mass is 368 g/mol. The average molecular weight is 368 g/mol. The third-order valence-electron chi connectivity index (χ3n) is 3.83. The van der Waals surface area contributed by atoms with Crippen LogP contribution in [0.3, 0.4) is 0 Å². The second kappa shape index (κ2) is 8.98. The number of ether oxygens (including phenoxy) is 1. The zero-order valence-corrected chi connectivity index (χ0v) is 15.7. The van der Waals surface area contributed by atoms with Crippen LogP contribution in [0.2, 0.25) is 0 Å². The molecule has 0 heterocycles. The molecule has 0 aliphatic carbocycles. The molecule has 2 N–H and O–H groups in total. The molecule has 27 heavy (non-hydrogen) atoms. The molecule has 142 valence electrons. The molecule has 0 aromatic heterocycles. The van der Waals surface area contributed by atoms with E-state index >= 15 is 0 Å². The number of rotatable bonds is 6. The molecule has 2 aromatic carbocycles. The van der Waals surface area contributed by atoms with Crippen LogP contribution in [0.4, 0.5) is 5.69 Å². The summed E-state index contributed by atoms with van der Waals surface area (Å²) >= 11 is 0. The third-order valence-corrected chi connectivity index (χ3v) is 3.83. The Morgan fingerprint density at radius 1 is 0.926 bits per heavy atom. The van der Waals surface area contributed by atoms with Crippen molar-refractivity contribution in [2.75, 3.05) is 18.5 Å². The van der Waals surface area contributed by atoms with E-state index in [0.29, 0.717) is 11.3 Å². The topological polar surface area (TPSA) is 84.5 Å². The number of para-hydroxylation sites is 1. The minimum Gasteiger partial charge on any atom is -0.454 e. The maximum atomic E-state index is 12.1. The Bertz CT molecular complexity index is 793. The molecule has 0 spiro atoms. The Morgan fingerprint density at radius 2 is 1.56 bits per heavy atom. The molecule has 0 bridgehead atoms. The highest BCUT2D eigenvalue weighted by atomic mass is 16.5. The SMILES string of the molecule is CC(C)(C)c1ccc(C(=O)NCC(=O)OCC(=O)Nc2ccccc2)cc1. The molecule has 2 amide bonds. The lowest BCUT2D eigenvalue weighted by Gasteiger charge is -2.19. The number of hydrogen-bond donors (Lipinski definition) is 2. The predicted octanol–water partition coefficient (Wildman–Crippen LogP) is 2.90. The summed E-state index contributed by atoms with van der Waals surface area (Å²) in [4.78, 5) is 35.5. The molecule has 0 atom stereocenters. The van der Waals surface area contributed by atoms with Crippen molar-refractivity contribution in [2.45, 2.75) is 26.2 Å². The van der Waals surface area contributed by atoms with Gasteiger partial charge < -0.3 is 15.4 Å². The number of hydrogen-bond acceptors (Lipinski definition) is 4. The summed E-state index contributed by atoms with van der Waals surface area (Å²) in [5.74, 6) is -1.50. The van der Waals surface area contributed by atoms with E-state index in [4.69, 9.17) is 4.74 Å². The molecule has 0 radical (unpaired) electrons. The van der Waals surface area contributed by atoms with E-state index in [-0.39, 0.29) is 17.9 Å². The summed E-state index contributed by atoms with van der Waals surface area (Å²) in [6.45, 7) is 5.55. The molecule has 2 aromatic rings. The Hall–Kier alpha value is -3.15. The zero-order valence-electron chi connectivity index (χ0n) is 15.7. The van der Waals surface area contributed by atoms with E-state index in [2.05, 4.69) is 31.4 Å². The number of amides is 2. The predicted molar refractivity (Wildman–Crippen MR) is 104 cm³/mol. The number of anilines is 1. The van der Waals surface area contributed by atoms with Crippen LogP contribution >= 0.6 is 0 Å². The van der Waals surface area contributed by atoms with Gasteiger partial charge in [-0.25, -0.2) is 0 Å². The average Bonchev–Trinajstić information content (AvgIpc) is 2.64. The first-order valence-electron chi connectivity index (χ1n) is 8.65. The van der Waals surface area contributed by atoms with Crippen LogP contribution in [0.5, 0.6) is 0 Å². The number of carbonyl (C=O) groups is 3. The van der Waals surface area contributed by atoms with E-state index in [0.717, 1.165) is 5.56 Å². The molecule has 0 saturated carbocycles. The van der Waals surface area contributed by atoms with Crippen molar-refractivity contribution in [3.63, 3.8) is 0 Å². The van der Waals surface area contributed by atoms with Gasteiger partial charge in [-0.3, -0.25) is 14.4 Å². The maximum Gasteiger partial charge on any atom is 0.325 e.